The summed E-state index contributed by atoms with van der Waals surface area (Å²) < 4.78 is 0. The van der Waals surface area contributed by atoms with Crippen LogP contribution in [0.15, 0.2) is 54.6 Å². The van der Waals surface area contributed by atoms with Crippen molar-refractivity contribution in [1.29, 1.82) is 0 Å². The van der Waals surface area contributed by atoms with Gasteiger partial charge < -0.3 is 10.2 Å². The van der Waals surface area contributed by atoms with Gasteiger partial charge in [0, 0.05) is 35.8 Å². The largest absolute Gasteiger partial charge is 0.339 e. The molecule has 140 valence electrons. The lowest BCUT2D eigenvalue weighted by Gasteiger charge is -2.30. The van der Waals surface area contributed by atoms with E-state index in [1.807, 2.05) is 49.4 Å². The molecule has 1 saturated heterocycles. The molecular formula is C22H23ClN2O2. The Bertz CT molecular complexity index is 841. The monoisotopic (exact) mass is 382 g/mol. The molecule has 4 nitrogen and oxygen atoms in total. The van der Waals surface area contributed by atoms with Crippen LogP contribution in [0.4, 0.5) is 5.69 Å². The van der Waals surface area contributed by atoms with Crippen molar-refractivity contribution in [3.63, 3.8) is 0 Å². The molecule has 1 N–H and O–H groups in total. The van der Waals surface area contributed by atoms with E-state index in [-0.39, 0.29) is 17.7 Å². The Labute approximate surface area is 164 Å². The lowest BCUT2D eigenvalue weighted by molar-refractivity contribution is -0.130. The van der Waals surface area contributed by atoms with Gasteiger partial charge in [0.2, 0.25) is 11.8 Å². The Morgan fingerprint density at radius 2 is 1.81 bits per heavy atom. The number of benzene rings is 2. The molecule has 2 amide bonds. The zero-order chi connectivity index (χ0) is 19.2. The predicted molar refractivity (Wildman–Crippen MR) is 110 cm³/mol. The summed E-state index contributed by atoms with van der Waals surface area (Å²) in [4.78, 5) is 26.7. The van der Waals surface area contributed by atoms with Crippen LogP contribution >= 0.6 is 11.6 Å². The summed E-state index contributed by atoms with van der Waals surface area (Å²) in [6.45, 7) is 3.11. The third-order valence-electron chi connectivity index (χ3n) is 4.85. The summed E-state index contributed by atoms with van der Waals surface area (Å²) in [5, 5.41) is 3.57. The quantitative estimate of drug-likeness (QED) is 0.789. The van der Waals surface area contributed by atoms with Gasteiger partial charge in [-0.15, -0.1) is 0 Å². The normalized spacial score (nSPS) is 15.1. The minimum absolute atomic E-state index is 0.00714. The lowest BCUT2D eigenvalue weighted by Crippen LogP contribution is -2.40. The number of piperidine rings is 1. The van der Waals surface area contributed by atoms with Crippen molar-refractivity contribution >= 4 is 35.2 Å². The van der Waals surface area contributed by atoms with Crippen LogP contribution in [0, 0.1) is 12.8 Å². The molecule has 0 unspecified atom stereocenters. The van der Waals surface area contributed by atoms with E-state index >= 15 is 0 Å². The van der Waals surface area contributed by atoms with Gasteiger partial charge in [0.15, 0.2) is 0 Å². The average molecular weight is 383 g/mol. The predicted octanol–water partition coefficient (Wildman–Crippen LogP) is 4.54. The Morgan fingerprint density at radius 3 is 2.52 bits per heavy atom. The van der Waals surface area contributed by atoms with Crippen LogP contribution in [0.25, 0.3) is 6.08 Å². The molecule has 0 bridgehead atoms. The van der Waals surface area contributed by atoms with Crippen molar-refractivity contribution in [3.8, 4) is 0 Å². The van der Waals surface area contributed by atoms with Crippen molar-refractivity contribution in [2.24, 2.45) is 5.92 Å². The van der Waals surface area contributed by atoms with E-state index in [4.69, 9.17) is 11.6 Å². The van der Waals surface area contributed by atoms with Gasteiger partial charge in [-0.25, -0.2) is 0 Å². The fraction of sp³-hybridized carbons (Fsp3) is 0.273. The number of nitrogens with zero attached hydrogens (tertiary/aromatic N) is 1. The Kier molecular flexibility index (Phi) is 6.30. The summed E-state index contributed by atoms with van der Waals surface area (Å²) in [6.07, 6.45) is 4.75. The third-order valence-corrected chi connectivity index (χ3v) is 5.09. The van der Waals surface area contributed by atoms with E-state index in [0.29, 0.717) is 31.0 Å². The molecule has 0 radical (unpaired) electrons. The number of carbonyl (C=O) groups is 2. The maximum Gasteiger partial charge on any atom is 0.246 e. The SMILES string of the molecule is Cc1ccc(Cl)cc1NC(=O)C1CCN(C(=O)/C=C/c2ccccc2)CC1. The fourth-order valence-corrected chi connectivity index (χ4v) is 3.33. The van der Waals surface area contributed by atoms with Crippen molar-refractivity contribution in [1.82, 2.24) is 4.90 Å². The zero-order valence-electron chi connectivity index (χ0n) is 15.3. The minimum Gasteiger partial charge on any atom is -0.339 e. The molecule has 0 atom stereocenters. The summed E-state index contributed by atoms with van der Waals surface area (Å²) in [5.41, 5.74) is 2.72. The van der Waals surface area contributed by atoms with E-state index in [1.165, 1.54) is 0 Å². The summed E-state index contributed by atoms with van der Waals surface area (Å²) in [6, 6.07) is 15.2. The van der Waals surface area contributed by atoms with Crippen LogP contribution in [-0.2, 0) is 9.59 Å². The Balaban J connectivity index is 1.52. The van der Waals surface area contributed by atoms with Crippen molar-refractivity contribution < 1.29 is 9.59 Å². The van der Waals surface area contributed by atoms with Crippen LogP contribution in [-0.4, -0.2) is 29.8 Å². The number of aryl methyl sites for hydroxylation is 1. The molecule has 3 rings (SSSR count). The number of likely N-dealkylation sites (tertiary alicyclic amines) is 1. The molecule has 5 heteroatoms. The molecule has 0 spiro atoms. The minimum atomic E-state index is -0.0921. The molecule has 1 aliphatic rings. The van der Waals surface area contributed by atoms with Gasteiger partial charge in [-0.05, 0) is 49.1 Å². The Morgan fingerprint density at radius 1 is 1.11 bits per heavy atom. The number of hydrogen-bond acceptors (Lipinski definition) is 2. The second-order valence-corrected chi connectivity index (χ2v) is 7.23. The highest BCUT2D eigenvalue weighted by Gasteiger charge is 2.26. The van der Waals surface area contributed by atoms with Crippen LogP contribution in [0.2, 0.25) is 5.02 Å². The molecule has 2 aromatic carbocycles. The number of carbonyl (C=O) groups excluding carboxylic acids is 2. The molecule has 0 saturated carbocycles. The highest BCUT2D eigenvalue weighted by atomic mass is 35.5. The fourth-order valence-electron chi connectivity index (χ4n) is 3.16. The molecule has 1 aliphatic heterocycles. The third kappa shape index (κ3) is 5.20. The maximum absolute atomic E-state index is 12.5. The van der Waals surface area contributed by atoms with Crippen molar-refractivity contribution in [3.05, 3.63) is 70.8 Å². The van der Waals surface area contributed by atoms with Gasteiger partial charge >= 0.3 is 0 Å². The van der Waals surface area contributed by atoms with Gasteiger partial charge in [-0.2, -0.15) is 0 Å². The molecule has 1 fully saturated rings. The Hall–Kier alpha value is -2.59. The van der Waals surface area contributed by atoms with E-state index in [2.05, 4.69) is 5.32 Å². The zero-order valence-corrected chi connectivity index (χ0v) is 16.1. The van der Waals surface area contributed by atoms with Crippen molar-refractivity contribution in [2.75, 3.05) is 18.4 Å². The van der Waals surface area contributed by atoms with Crippen molar-refractivity contribution in [2.45, 2.75) is 19.8 Å². The van der Waals surface area contributed by atoms with E-state index < -0.39 is 0 Å². The molecule has 1 heterocycles. The standard InChI is InChI=1S/C22H23ClN2O2/c1-16-7-9-19(23)15-20(16)24-22(27)18-11-13-25(14-12-18)21(26)10-8-17-5-3-2-4-6-17/h2-10,15,18H,11-14H2,1H3,(H,24,27)/b10-8+. The van der Waals surface area contributed by atoms with Gasteiger partial charge in [0.1, 0.15) is 0 Å². The first-order valence-corrected chi connectivity index (χ1v) is 9.50. The van der Waals surface area contributed by atoms with Crippen LogP contribution in [0.5, 0.6) is 0 Å². The van der Waals surface area contributed by atoms with Crippen LogP contribution < -0.4 is 5.32 Å². The van der Waals surface area contributed by atoms with Gasteiger partial charge in [0.25, 0.3) is 0 Å². The first-order chi connectivity index (χ1) is 13.0. The van der Waals surface area contributed by atoms with E-state index in [9.17, 15) is 9.59 Å². The summed E-state index contributed by atoms with van der Waals surface area (Å²) in [5.74, 6) is -0.110. The van der Waals surface area contributed by atoms with E-state index in [0.717, 1.165) is 16.8 Å². The van der Waals surface area contributed by atoms with Gasteiger partial charge in [0.05, 0.1) is 0 Å². The summed E-state index contributed by atoms with van der Waals surface area (Å²) in [7, 11) is 0. The molecule has 2 aromatic rings. The highest BCUT2D eigenvalue weighted by molar-refractivity contribution is 6.31. The first kappa shape index (κ1) is 19.2. The van der Waals surface area contributed by atoms with Crippen LogP contribution in [0.1, 0.15) is 24.0 Å². The van der Waals surface area contributed by atoms with E-state index in [1.54, 1.807) is 23.1 Å². The lowest BCUT2D eigenvalue weighted by atomic mass is 9.95. The number of amides is 2. The highest BCUT2D eigenvalue weighted by Crippen LogP contribution is 2.24. The smallest absolute Gasteiger partial charge is 0.246 e. The average Bonchev–Trinajstić information content (AvgIpc) is 2.70. The first-order valence-electron chi connectivity index (χ1n) is 9.12. The number of halogens is 1. The maximum atomic E-state index is 12.5. The number of rotatable bonds is 4. The molecule has 27 heavy (non-hydrogen) atoms. The summed E-state index contributed by atoms with van der Waals surface area (Å²) >= 11 is 6.01. The molecular weight excluding hydrogens is 360 g/mol. The molecule has 0 aromatic heterocycles. The number of hydrogen-bond donors (Lipinski definition) is 1. The van der Waals surface area contributed by atoms with Crippen LogP contribution in [0.3, 0.4) is 0 Å². The second-order valence-electron chi connectivity index (χ2n) is 6.79. The number of anilines is 1. The van der Waals surface area contributed by atoms with Gasteiger partial charge in [-0.1, -0.05) is 48.0 Å². The topological polar surface area (TPSA) is 49.4 Å². The molecule has 0 aliphatic carbocycles. The van der Waals surface area contributed by atoms with Gasteiger partial charge in [-0.3, -0.25) is 9.59 Å². The second kappa shape index (κ2) is 8.87. The number of nitrogens with one attached hydrogen (secondary N) is 1.